The largest absolute Gasteiger partial charge is 0.480 e. The molecule has 2 amide bonds. The van der Waals surface area contributed by atoms with E-state index < -0.39 is 24.0 Å². The van der Waals surface area contributed by atoms with Gasteiger partial charge >= 0.3 is 5.97 Å². The van der Waals surface area contributed by atoms with Crippen LogP contribution >= 0.6 is 0 Å². The Morgan fingerprint density at radius 2 is 2.14 bits per heavy atom. The lowest BCUT2D eigenvalue weighted by Gasteiger charge is -2.18. The Morgan fingerprint density at radius 1 is 1.43 bits per heavy atom. The predicted molar refractivity (Wildman–Crippen MR) is 75.6 cm³/mol. The fourth-order valence-corrected chi connectivity index (χ4v) is 2.34. The number of hydrogen-bond acceptors (Lipinski definition) is 3. The second kappa shape index (κ2) is 6.39. The van der Waals surface area contributed by atoms with Gasteiger partial charge in [0.25, 0.3) is 0 Å². The normalized spacial score (nSPS) is 18.9. The first kappa shape index (κ1) is 15.0. The lowest BCUT2D eigenvalue weighted by Crippen LogP contribution is -2.49. The molecule has 0 spiro atoms. The number of rotatable bonds is 5. The average Bonchev–Trinajstić information content (AvgIpc) is 2.87. The third kappa shape index (κ3) is 3.81. The van der Waals surface area contributed by atoms with E-state index in [1.165, 1.54) is 0 Å². The van der Waals surface area contributed by atoms with Gasteiger partial charge in [-0.15, -0.1) is 0 Å². The van der Waals surface area contributed by atoms with Crippen molar-refractivity contribution in [1.29, 1.82) is 0 Å². The molecule has 6 heteroatoms. The van der Waals surface area contributed by atoms with Gasteiger partial charge in [-0.3, -0.25) is 9.59 Å². The Morgan fingerprint density at radius 3 is 2.71 bits per heavy atom. The van der Waals surface area contributed by atoms with Gasteiger partial charge in [0.2, 0.25) is 11.8 Å². The molecule has 0 saturated carbocycles. The highest BCUT2D eigenvalue weighted by atomic mass is 16.4. The Labute approximate surface area is 122 Å². The molecule has 6 nitrogen and oxygen atoms in total. The van der Waals surface area contributed by atoms with Crippen molar-refractivity contribution in [3.8, 4) is 0 Å². The molecule has 21 heavy (non-hydrogen) atoms. The predicted octanol–water partition coefficient (Wildman–Crippen LogP) is 0.386. The van der Waals surface area contributed by atoms with Gasteiger partial charge in [0.05, 0.1) is 0 Å². The fraction of sp³-hybridized carbons (Fsp3) is 0.400. The maximum absolute atomic E-state index is 12.0. The van der Waals surface area contributed by atoms with Crippen LogP contribution in [0.5, 0.6) is 0 Å². The summed E-state index contributed by atoms with van der Waals surface area (Å²) >= 11 is 0. The van der Waals surface area contributed by atoms with E-state index in [1.807, 2.05) is 31.2 Å². The lowest BCUT2D eigenvalue weighted by atomic mass is 10.0. The highest BCUT2D eigenvalue weighted by Gasteiger charge is 2.30. The highest BCUT2D eigenvalue weighted by molar-refractivity contribution is 5.92. The number of aliphatic carboxylic acids is 1. The molecule has 1 heterocycles. The zero-order chi connectivity index (χ0) is 15.4. The van der Waals surface area contributed by atoms with E-state index in [4.69, 9.17) is 0 Å². The standard InChI is InChI=1S/C15H18N2O4/c1-9-4-2-3-5-10(9)8-12(15(20)21)17-14(19)11-6-7-13(18)16-11/h2-5,11-12H,6-8H2,1H3,(H,16,18)(H,17,19)(H,20,21)/t11-,12-/m1/s1. The molecule has 2 rings (SSSR count). The number of carboxylic acid groups (broad SMARTS) is 1. The number of amides is 2. The van der Waals surface area contributed by atoms with Crippen LogP contribution in [-0.4, -0.2) is 35.0 Å². The van der Waals surface area contributed by atoms with Crippen molar-refractivity contribution >= 4 is 17.8 Å². The van der Waals surface area contributed by atoms with Crippen LogP contribution in [0.1, 0.15) is 24.0 Å². The van der Waals surface area contributed by atoms with Crippen LogP contribution in [0.25, 0.3) is 0 Å². The van der Waals surface area contributed by atoms with Gasteiger partial charge in [-0.2, -0.15) is 0 Å². The summed E-state index contributed by atoms with van der Waals surface area (Å²) in [6.07, 6.45) is 0.920. The van der Waals surface area contributed by atoms with Crippen molar-refractivity contribution in [1.82, 2.24) is 10.6 Å². The van der Waals surface area contributed by atoms with Crippen LogP contribution in [0, 0.1) is 6.92 Å². The van der Waals surface area contributed by atoms with E-state index in [2.05, 4.69) is 10.6 Å². The molecule has 0 unspecified atom stereocenters. The second-order valence-corrected chi connectivity index (χ2v) is 5.19. The van der Waals surface area contributed by atoms with Gasteiger partial charge < -0.3 is 15.7 Å². The molecule has 3 N–H and O–H groups in total. The van der Waals surface area contributed by atoms with Crippen LogP contribution in [-0.2, 0) is 20.8 Å². The number of aryl methyl sites for hydroxylation is 1. The number of nitrogens with one attached hydrogen (secondary N) is 2. The summed E-state index contributed by atoms with van der Waals surface area (Å²) in [6.45, 7) is 1.90. The highest BCUT2D eigenvalue weighted by Crippen LogP contribution is 2.11. The fourth-order valence-electron chi connectivity index (χ4n) is 2.34. The van der Waals surface area contributed by atoms with E-state index in [-0.39, 0.29) is 12.3 Å². The Hall–Kier alpha value is -2.37. The van der Waals surface area contributed by atoms with Crippen molar-refractivity contribution in [2.24, 2.45) is 0 Å². The molecule has 0 aliphatic carbocycles. The zero-order valence-electron chi connectivity index (χ0n) is 11.8. The van der Waals surface area contributed by atoms with E-state index in [9.17, 15) is 19.5 Å². The van der Waals surface area contributed by atoms with Crippen molar-refractivity contribution in [2.75, 3.05) is 0 Å². The van der Waals surface area contributed by atoms with Crippen molar-refractivity contribution in [3.63, 3.8) is 0 Å². The molecule has 1 aromatic rings. The average molecular weight is 290 g/mol. The third-order valence-electron chi connectivity index (χ3n) is 3.61. The molecule has 1 aliphatic rings. The maximum Gasteiger partial charge on any atom is 0.326 e. The number of carbonyl (C=O) groups excluding carboxylic acids is 2. The molecule has 112 valence electrons. The number of benzene rings is 1. The summed E-state index contributed by atoms with van der Waals surface area (Å²) in [5.74, 6) is -1.71. The first-order valence-electron chi connectivity index (χ1n) is 6.84. The van der Waals surface area contributed by atoms with Crippen molar-refractivity contribution in [2.45, 2.75) is 38.3 Å². The molecule has 0 radical (unpaired) electrons. The monoisotopic (exact) mass is 290 g/mol. The van der Waals surface area contributed by atoms with Crippen molar-refractivity contribution in [3.05, 3.63) is 35.4 Å². The molecule has 0 aromatic heterocycles. The minimum absolute atomic E-state index is 0.180. The van der Waals surface area contributed by atoms with E-state index >= 15 is 0 Å². The van der Waals surface area contributed by atoms with E-state index in [1.54, 1.807) is 0 Å². The number of carboxylic acids is 1. The smallest absolute Gasteiger partial charge is 0.326 e. The maximum atomic E-state index is 12.0. The molecule has 2 atom stereocenters. The van der Waals surface area contributed by atoms with Crippen LogP contribution < -0.4 is 10.6 Å². The SMILES string of the molecule is Cc1ccccc1C[C@@H](NC(=O)[C@H]1CCC(=O)N1)C(=O)O. The summed E-state index contributed by atoms with van der Waals surface area (Å²) in [5, 5.41) is 14.3. The van der Waals surface area contributed by atoms with Crippen LogP contribution in [0.2, 0.25) is 0 Å². The van der Waals surface area contributed by atoms with Crippen LogP contribution in [0.4, 0.5) is 0 Å². The van der Waals surface area contributed by atoms with Gasteiger partial charge in [0, 0.05) is 12.8 Å². The third-order valence-corrected chi connectivity index (χ3v) is 3.61. The first-order chi connectivity index (χ1) is 9.97. The minimum atomic E-state index is -1.09. The molecule has 1 aliphatic heterocycles. The van der Waals surface area contributed by atoms with E-state index in [0.29, 0.717) is 12.8 Å². The molecule has 0 bridgehead atoms. The van der Waals surface area contributed by atoms with Crippen LogP contribution in [0.3, 0.4) is 0 Å². The molecular formula is C15H18N2O4. The Kier molecular flexibility index (Phi) is 4.57. The summed E-state index contributed by atoms with van der Waals surface area (Å²) in [6, 6.07) is 5.82. The number of hydrogen-bond donors (Lipinski definition) is 3. The molecule has 1 aromatic carbocycles. The molecule has 1 saturated heterocycles. The van der Waals surface area contributed by atoms with Gasteiger partial charge in [0.15, 0.2) is 0 Å². The summed E-state index contributed by atoms with van der Waals surface area (Å²) in [7, 11) is 0. The molecule has 1 fully saturated rings. The Bertz CT molecular complexity index is 571. The zero-order valence-corrected chi connectivity index (χ0v) is 11.8. The van der Waals surface area contributed by atoms with Gasteiger partial charge in [-0.05, 0) is 24.5 Å². The van der Waals surface area contributed by atoms with Gasteiger partial charge in [-0.1, -0.05) is 24.3 Å². The summed E-state index contributed by atoms with van der Waals surface area (Å²) < 4.78 is 0. The lowest BCUT2D eigenvalue weighted by molar-refractivity contribution is -0.142. The topological polar surface area (TPSA) is 95.5 Å². The van der Waals surface area contributed by atoms with Gasteiger partial charge in [0.1, 0.15) is 12.1 Å². The van der Waals surface area contributed by atoms with E-state index in [0.717, 1.165) is 11.1 Å². The quantitative estimate of drug-likeness (QED) is 0.731. The number of carbonyl (C=O) groups is 3. The minimum Gasteiger partial charge on any atom is -0.480 e. The summed E-state index contributed by atoms with van der Waals surface area (Å²) in [5.41, 5.74) is 1.85. The Balaban J connectivity index is 2.03. The van der Waals surface area contributed by atoms with Gasteiger partial charge in [-0.25, -0.2) is 4.79 Å². The van der Waals surface area contributed by atoms with Crippen molar-refractivity contribution < 1.29 is 19.5 Å². The first-order valence-corrected chi connectivity index (χ1v) is 6.84. The molecular weight excluding hydrogens is 272 g/mol. The van der Waals surface area contributed by atoms with Crippen LogP contribution in [0.15, 0.2) is 24.3 Å². The summed E-state index contributed by atoms with van der Waals surface area (Å²) in [4.78, 5) is 34.4. The second-order valence-electron chi connectivity index (χ2n) is 5.19.